The summed E-state index contributed by atoms with van der Waals surface area (Å²) < 4.78 is 39.1. The van der Waals surface area contributed by atoms with E-state index in [1.807, 2.05) is 19.1 Å². The van der Waals surface area contributed by atoms with Gasteiger partial charge < -0.3 is 10.2 Å². The van der Waals surface area contributed by atoms with Crippen molar-refractivity contribution in [3.63, 3.8) is 0 Å². The van der Waals surface area contributed by atoms with Crippen LogP contribution in [0.1, 0.15) is 29.3 Å². The first-order valence-electron chi connectivity index (χ1n) is 7.13. The van der Waals surface area contributed by atoms with Crippen LogP contribution in [-0.4, -0.2) is 9.60 Å². The fourth-order valence-electron chi connectivity index (χ4n) is 2.27. The average Bonchev–Trinajstić information content (AvgIpc) is 2.95. The van der Waals surface area contributed by atoms with Crippen LogP contribution in [0.2, 0.25) is 0 Å². The maximum Gasteiger partial charge on any atom is 0.416 e. The van der Waals surface area contributed by atoms with Crippen molar-refractivity contribution in [2.45, 2.75) is 25.6 Å². The van der Waals surface area contributed by atoms with Gasteiger partial charge >= 0.3 is 6.18 Å². The number of halogens is 4. The molecular weight excluding hydrogens is 387 g/mol. The Morgan fingerprint density at radius 2 is 2.04 bits per heavy atom. The first kappa shape index (κ1) is 16.8. The summed E-state index contributed by atoms with van der Waals surface area (Å²) in [5.74, 6) is 0.485. The van der Waals surface area contributed by atoms with Crippen molar-refractivity contribution >= 4 is 32.1 Å². The third kappa shape index (κ3) is 3.69. The van der Waals surface area contributed by atoms with Gasteiger partial charge in [0.1, 0.15) is 10.4 Å². The second-order valence-electron chi connectivity index (χ2n) is 5.37. The fourth-order valence-corrected chi connectivity index (χ4v) is 2.64. The molecule has 1 atom stereocenters. The van der Waals surface area contributed by atoms with E-state index >= 15 is 0 Å². The van der Waals surface area contributed by atoms with Crippen molar-refractivity contribution in [2.75, 3.05) is 5.32 Å². The molecule has 0 spiro atoms. The third-order valence-electron chi connectivity index (χ3n) is 3.53. The third-order valence-corrected chi connectivity index (χ3v) is 4.00. The van der Waals surface area contributed by atoms with E-state index in [0.717, 1.165) is 17.7 Å². The Morgan fingerprint density at radius 1 is 1.25 bits per heavy atom. The van der Waals surface area contributed by atoms with Crippen LogP contribution in [0.25, 0.3) is 0 Å². The molecule has 0 fully saturated rings. The molecule has 0 bridgehead atoms. The van der Waals surface area contributed by atoms with Crippen molar-refractivity contribution in [3.8, 4) is 0 Å². The van der Waals surface area contributed by atoms with Crippen LogP contribution in [0, 0.1) is 6.92 Å². The molecule has 2 heterocycles. The highest BCUT2D eigenvalue weighted by molar-refractivity contribution is 9.18. The van der Waals surface area contributed by atoms with Crippen LogP contribution < -0.4 is 5.32 Å². The molecule has 1 aliphatic rings. The van der Waals surface area contributed by atoms with Crippen molar-refractivity contribution in [1.29, 1.82) is 0 Å². The Labute approximate surface area is 144 Å². The lowest BCUT2D eigenvalue weighted by atomic mass is 10.1. The van der Waals surface area contributed by atoms with Crippen molar-refractivity contribution in [2.24, 2.45) is 5.16 Å². The van der Waals surface area contributed by atoms with Gasteiger partial charge in [-0.1, -0.05) is 17.3 Å². The molecule has 4 nitrogen and oxygen atoms in total. The number of oxime groups is 1. The Morgan fingerprint density at radius 3 is 2.71 bits per heavy atom. The Kier molecular flexibility index (Phi) is 4.49. The molecule has 24 heavy (non-hydrogen) atoms. The topological polar surface area (TPSA) is 46.5 Å². The number of aryl methyl sites for hydroxylation is 1. The molecule has 0 unspecified atom stereocenters. The monoisotopic (exact) mass is 399 g/mol. The summed E-state index contributed by atoms with van der Waals surface area (Å²) in [7, 11) is 0. The molecule has 1 aromatic heterocycles. The van der Waals surface area contributed by atoms with Crippen LogP contribution in [0.3, 0.4) is 0 Å². The molecule has 0 amide bonds. The van der Waals surface area contributed by atoms with Gasteiger partial charge in [-0.3, -0.25) is 0 Å². The zero-order valence-corrected chi connectivity index (χ0v) is 14.1. The molecule has 1 N–H and O–H groups in total. The molecule has 1 aromatic carbocycles. The van der Waals surface area contributed by atoms with E-state index < -0.39 is 11.7 Å². The molecule has 1 aliphatic heterocycles. The predicted molar refractivity (Wildman–Crippen MR) is 88.5 cm³/mol. The second-order valence-corrected chi connectivity index (χ2v) is 6.29. The maximum absolute atomic E-state index is 12.8. The van der Waals surface area contributed by atoms with E-state index in [2.05, 4.69) is 31.4 Å². The molecule has 0 radical (unpaired) electrons. The van der Waals surface area contributed by atoms with E-state index in [4.69, 9.17) is 4.84 Å². The molecule has 0 saturated heterocycles. The Balaban J connectivity index is 1.85. The lowest BCUT2D eigenvalue weighted by Gasteiger charge is -2.14. The smallest absolute Gasteiger partial charge is 0.385 e. The van der Waals surface area contributed by atoms with Gasteiger partial charge in [0, 0.05) is 12.1 Å². The first-order valence-corrected chi connectivity index (χ1v) is 7.92. The summed E-state index contributed by atoms with van der Waals surface area (Å²) in [6.07, 6.45) is -4.12. The molecular formula is C16H13BrF3N3O. The van der Waals surface area contributed by atoms with Crippen LogP contribution in [0.5, 0.6) is 0 Å². The van der Waals surface area contributed by atoms with E-state index in [-0.39, 0.29) is 6.10 Å². The minimum Gasteiger partial charge on any atom is -0.385 e. The highest BCUT2D eigenvalue weighted by Crippen LogP contribution is 2.33. The van der Waals surface area contributed by atoms with E-state index in [9.17, 15) is 13.2 Å². The highest BCUT2D eigenvalue weighted by Gasteiger charge is 2.30. The summed E-state index contributed by atoms with van der Waals surface area (Å²) in [5.41, 5.74) is 1.09. The lowest BCUT2D eigenvalue weighted by Crippen LogP contribution is -2.07. The van der Waals surface area contributed by atoms with Gasteiger partial charge in [-0.15, -0.1) is 0 Å². The molecule has 8 heteroatoms. The molecule has 2 aromatic rings. The summed E-state index contributed by atoms with van der Waals surface area (Å²) in [6, 6.07) is 8.67. The number of anilines is 2. The normalized spacial score (nSPS) is 17.4. The zero-order valence-electron chi connectivity index (χ0n) is 12.6. The summed E-state index contributed by atoms with van der Waals surface area (Å²) in [4.78, 5) is 9.73. The van der Waals surface area contributed by atoms with Crippen LogP contribution in [0.15, 0.2) is 41.6 Å². The minimum absolute atomic E-state index is 0.304. The number of nitrogens with zero attached hydrogens (tertiary/aromatic N) is 2. The van der Waals surface area contributed by atoms with Gasteiger partial charge in [-0.2, -0.15) is 13.2 Å². The highest BCUT2D eigenvalue weighted by atomic mass is 79.9. The number of hydrogen-bond acceptors (Lipinski definition) is 4. The summed E-state index contributed by atoms with van der Waals surface area (Å²) >= 11 is 3.26. The SMILES string of the molecule is Cc1ccc([C@H]2CC(Br)=NO2)nc1Nc1cccc(C(F)(F)F)c1. The summed E-state index contributed by atoms with van der Waals surface area (Å²) in [6.45, 7) is 1.83. The van der Waals surface area contributed by atoms with Gasteiger partial charge in [0.25, 0.3) is 0 Å². The van der Waals surface area contributed by atoms with E-state index in [1.54, 1.807) is 6.07 Å². The van der Waals surface area contributed by atoms with Crippen molar-refractivity contribution in [1.82, 2.24) is 4.98 Å². The summed E-state index contributed by atoms with van der Waals surface area (Å²) in [5, 5.41) is 6.76. The quantitative estimate of drug-likeness (QED) is 0.759. The molecule has 3 rings (SSSR count). The van der Waals surface area contributed by atoms with Crippen molar-refractivity contribution in [3.05, 3.63) is 53.2 Å². The molecule has 0 aliphatic carbocycles. The Bertz CT molecular complexity index is 792. The largest absolute Gasteiger partial charge is 0.416 e. The number of benzene rings is 1. The number of aromatic nitrogens is 1. The number of pyridine rings is 1. The number of hydrogen-bond donors (Lipinski definition) is 1. The van der Waals surface area contributed by atoms with Gasteiger partial charge in [-0.05, 0) is 52.7 Å². The predicted octanol–water partition coefficient (Wildman–Crippen LogP) is 5.32. The van der Waals surface area contributed by atoms with Gasteiger partial charge in [0.05, 0.1) is 11.3 Å². The molecule has 126 valence electrons. The van der Waals surface area contributed by atoms with Gasteiger partial charge in [-0.25, -0.2) is 4.98 Å². The fraction of sp³-hybridized carbons (Fsp3) is 0.250. The maximum atomic E-state index is 12.8. The number of rotatable bonds is 3. The van der Waals surface area contributed by atoms with E-state index in [1.165, 1.54) is 6.07 Å². The van der Waals surface area contributed by atoms with Crippen LogP contribution in [-0.2, 0) is 11.0 Å². The number of alkyl halides is 3. The average molecular weight is 400 g/mol. The Hall–Kier alpha value is -2.09. The number of nitrogens with one attached hydrogen (secondary N) is 1. The van der Waals surface area contributed by atoms with Gasteiger partial charge in [0.15, 0.2) is 6.10 Å². The van der Waals surface area contributed by atoms with E-state index in [0.29, 0.717) is 28.2 Å². The van der Waals surface area contributed by atoms with Crippen LogP contribution >= 0.6 is 15.9 Å². The second kappa shape index (κ2) is 6.43. The van der Waals surface area contributed by atoms with Crippen LogP contribution in [0.4, 0.5) is 24.7 Å². The van der Waals surface area contributed by atoms with Crippen molar-refractivity contribution < 1.29 is 18.0 Å². The molecule has 0 saturated carbocycles. The lowest BCUT2D eigenvalue weighted by molar-refractivity contribution is -0.137. The zero-order chi connectivity index (χ0) is 17.3. The van der Waals surface area contributed by atoms with Gasteiger partial charge in [0.2, 0.25) is 0 Å². The minimum atomic E-state index is -4.39. The first-order chi connectivity index (χ1) is 11.3. The standard InChI is InChI=1S/C16H13BrF3N3O/c1-9-5-6-12(13-8-14(17)23-24-13)22-15(9)21-11-4-2-3-10(7-11)16(18,19)20/h2-7,13H,8H2,1H3,(H,21,22)/t13-/m1/s1.